The molecule has 12 heavy (non-hydrogen) atoms. The minimum atomic E-state index is 0.196. The van der Waals surface area contributed by atoms with E-state index in [1.165, 1.54) is 19.4 Å². The van der Waals surface area contributed by atoms with Crippen molar-refractivity contribution in [2.75, 3.05) is 13.1 Å². The van der Waals surface area contributed by atoms with Crippen molar-refractivity contribution in [2.45, 2.75) is 45.3 Å². The average Bonchev–Trinajstić information content (AvgIpc) is 2.51. The summed E-state index contributed by atoms with van der Waals surface area (Å²) in [4.78, 5) is 7.29. The highest BCUT2D eigenvalue weighted by Gasteiger charge is 2.24. The van der Waals surface area contributed by atoms with Gasteiger partial charge >= 0.3 is 0 Å². The Balaban J connectivity index is 2.30. The molecule has 2 atom stereocenters. The maximum Gasteiger partial charge on any atom is 0.0774 e. The van der Waals surface area contributed by atoms with Gasteiger partial charge < -0.3 is 9.74 Å². The number of hydrogen-bond acceptors (Lipinski definition) is 3. The number of rotatable bonds is 4. The molecule has 72 valence electrons. The largest absolute Gasteiger partial charge is 0.302 e. The predicted molar refractivity (Wildman–Crippen MR) is 49.6 cm³/mol. The van der Waals surface area contributed by atoms with Crippen LogP contribution in [-0.4, -0.2) is 30.1 Å². The second-order valence-electron chi connectivity index (χ2n) is 3.61. The molecule has 0 aromatic carbocycles. The molecule has 1 rings (SSSR count). The summed E-state index contributed by atoms with van der Waals surface area (Å²) in [6.07, 6.45) is 3.91. The fourth-order valence-corrected chi connectivity index (χ4v) is 2.02. The van der Waals surface area contributed by atoms with Gasteiger partial charge in [0.05, 0.1) is 6.10 Å². The summed E-state index contributed by atoms with van der Waals surface area (Å²) in [7, 11) is 0. The second kappa shape index (κ2) is 4.80. The fourth-order valence-electron chi connectivity index (χ4n) is 2.02. The van der Waals surface area contributed by atoms with E-state index in [9.17, 15) is 0 Å². The van der Waals surface area contributed by atoms with Gasteiger partial charge in [-0.2, -0.15) is 0 Å². The van der Waals surface area contributed by atoms with Crippen LogP contribution in [0.2, 0.25) is 0 Å². The van der Waals surface area contributed by atoms with Gasteiger partial charge in [-0.05, 0) is 39.3 Å². The zero-order chi connectivity index (χ0) is 8.97. The molecule has 1 saturated heterocycles. The molecule has 0 radical (unpaired) electrons. The van der Waals surface area contributed by atoms with Gasteiger partial charge in [-0.15, -0.1) is 0 Å². The molecule has 0 aromatic heterocycles. The maximum absolute atomic E-state index is 5.12. The summed E-state index contributed by atoms with van der Waals surface area (Å²) >= 11 is 0. The lowest BCUT2D eigenvalue weighted by atomic mass is 10.1. The van der Waals surface area contributed by atoms with Crippen LogP contribution in [0.25, 0.3) is 0 Å². The van der Waals surface area contributed by atoms with Crippen LogP contribution in [0.15, 0.2) is 0 Å². The highest BCUT2D eigenvalue weighted by molar-refractivity contribution is 4.79. The highest BCUT2D eigenvalue weighted by Crippen LogP contribution is 2.21. The predicted octanol–water partition coefficient (Wildman–Crippen LogP) is 1.14. The van der Waals surface area contributed by atoms with E-state index in [2.05, 4.69) is 11.8 Å². The Labute approximate surface area is 74.8 Å². The van der Waals surface area contributed by atoms with Crippen LogP contribution in [0.5, 0.6) is 0 Å². The minimum Gasteiger partial charge on any atom is -0.302 e. The Kier molecular flexibility index (Phi) is 3.98. The number of nitrogens with zero attached hydrogens (tertiary/aromatic N) is 1. The molecule has 3 heteroatoms. The first-order valence-corrected chi connectivity index (χ1v) is 4.87. The Morgan fingerprint density at radius 2 is 2.42 bits per heavy atom. The lowest BCUT2D eigenvalue weighted by Crippen LogP contribution is -2.32. The maximum atomic E-state index is 5.12. The molecule has 0 spiro atoms. The number of nitrogens with two attached hydrogens (primary N) is 1. The van der Waals surface area contributed by atoms with Crippen molar-refractivity contribution in [3.63, 3.8) is 0 Å². The summed E-state index contributed by atoms with van der Waals surface area (Å²) in [5, 5.41) is 0. The van der Waals surface area contributed by atoms with E-state index >= 15 is 0 Å². The third kappa shape index (κ3) is 2.44. The molecule has 2 unspecified atom stereocenters. The first-order chi connectivity index (χ1) is 5.77. The molecule has 2 N–H and O–H groups in total. The van der Waals surface area contributed by atoms with Crippen molar-refractivity contribution in [2.24, 2.45) is 5.90 Å². The van der Waals surface area contributed by atoms with E-state index in [-0.39, 0.29) is 6.10 Å². The first kappa shape index (κ1) is 9.96. The van der Waals surface area contributed by atoms with Gasteiger partial charge in [0, 0.05) is 6.04 Å². The van der Waals surface area contributed by atoms with Crippen molar-refractivity contribution < 1.29 is 4.84 Å². The normalized spacial score (nSPS) is 27.8. The van der Waals surface area contributed by atoms with E-state index < -0.39 is 0 Å². The lowest BCUT2D eigenvalue weighted by Gasteiger charge is -2.24. The average molecular weight is 172 g/mol. The van der Waals surface area contributed by atoms with Crippen molar-refractivity contribution in [1.82, 2.24) is 4.90 Å². The van der Waals surface area contributed by atoms with Crippen molar-refractivity contribution >= 4 is 0 Å². The quantitative estimate of drug-likeness (QED) is 0.646. The van der Waals surface area contributed by atoms with Crippen LogP contribution in [0.3, 0.4) is 0 Å². The Morgan fingerprint density at radius 1 is 1.67 bits per heavy atom. The minimum absolute atomic E-state index is 0.196. The molecule has 1 aliphatic rings. The SMILES string of the molecule is CCN1CCCC1CC(C)ON. The third-order valence-corrected chi connectivity index (χ3v) is 2.74. The van der Waals surface area contributed by atoms with Gasteiger partial charge in [-0.3, -0.25) is 0 Å². The first-order valence-electron chi connectivity index (χ1n) is 4.87. The second-order valence-corrected chi connectivity index (χ2v) is 3.61. The van der Waals surface area contributed by atoms with Gasteiger partial charge in [-0.25, -0.2) is 5.90 Å². The molecule has 3 nitrogen and oxygen atoms in total. The summed E-state index contributed by atoms with van der Waals surface area (Å²) in [6, 6.07) is 0.702. The molecule has 0 bridgehead atoms. The zero-order valence-corrected chi connectivity index (χ0v) is 8.12. The fraction of sp³-hybridized carbons (Fsp3) is 1.00. The van der Waals surface area contributed by atoms with E-state index in [1.54, 1.807) is 0 Å². The van der Waals surface area contributed by atoms with E-state index in [1.807, 2.05) is 6.92 Å². The Morgan fingerprint density at radius 3 is 3.00 bits per heavy atom. The van der Waals surface area contributed by atoms with Gasteiger partial charge in [0.15, 0.2) is 0 Å². The van der Waals surface area contributed by atoms with Crippen molar-refractivity contribution in [3.05, 3.63) is 0 Å². The zero-order valence-electron chi connectivity index (χ0n) is 8.12. The van der Waals surface area contributed by atoms with Crippen molar-refractivity contribution in [1.29, 1.82) is 0 Å². The Hall–Kier alpha value is -0.120. The standard InChI is InChI=1S/C9H20N2O/c1-3-11-6-4-5-9(11)7-8(2)12-10/h8-9H,3-7,10H2,1-2H3. The summed E-state index contributed by atoms with van der Waals surface area (Å²) in [5.74, 6) is 5.12. The molecule has 0 saturated carbocycles. The van der Waals surface area contributed by atoms with Crippen LogP contribution in [0.4, 0.5) is 0 Å². The van der Waals surface area contributed by atoms with E-state index in [0.717, 1.165) is 13.0 Å². The Bertz CT molecular complexity index is 130. The molecular weight excluding hydrogens is 152 g/mol. The topological polar surface area (TPSA) is 38.5 Å². The van der Waals surface area contributed by atoms with Crippen LogP contribution >= 0.6 is 0 Å². The van der Waals surface area contributed by atoms with Crippen molar-refractivity contribution in [3.8, 4) is 0 Å². The third-order valence-electron chi connectivity index (χ3n) is 2.74. The summed E-state index contributed by atoms with van der Waals surface area (Å²) in [6.45, 7) is 6.65. The van der Waals surface area contributed by atoms with E-state index in [4.69, 9.17) is 10.7 Å². The summed E-state index contributed by atoms with van der Waals surface area (Å²) in [5.41, 5.74) is 0. The van der Waals surface area contributed by atoms with Gasteiger partial charge in [0.1, 0.15) is 0 Å². The highest BCUT2D eigenvalue weighted by atomic mass is 16.6. The molecule has 1 aliphatic heterocycles. The van der Waals surface area contributed by atoms with Gasteiger partial charge in [-0.1, -0.05) is 6.92 Å². The smallest absolute Gasteiger partial charge is 0.0774 e. The van der Waals surface area contributed by atoms with Crippen LogP contribution < -0.4 is 5.90 Å². The summed E-state index contributed by atoms with van der Waals surface area (Å²) < 4.78 is 0. The molecular formula is C9H20N2O. The number of hydrogen-bond donors (Lipinski definition) is 1. The molecule has 0 amide bonds. The number of likely N-dealkylation sites (tertiary alicyclic amines) is 1. The monoisotopic (exact) mass is 172 g/mol. The van der Waals surface area contributed by atoms with Crippen LogP contribution in [-0.2, 0) is 4.84 Å². The lowest BCUT2D eigenvalue weighted by molar-refractivity contribution is 0.0426. The van der Waals surface area contributed by atoms with Gasteiger partial charge in [0.2, 0.25) is 0 Å². The van der Waals surface area contributed by atoms with E-state index in [0.29, 0.717) is 6.04 Å². The molecule has 0 aliphatic carbocycles. The molecule has 1 heterocycles. The van der Waals surface area contributed by atoms with Gasteiger partial charge in [0.25, 0.3) is 0 Å². The molecule has 1 fully saturated rings. The van der Waals surface area contributed by atoms with Crippen LogP contribution in [0.1, 0.15) is 33.1 Å². The molecule has 0 aromatic rings. The van der Waals surface area contributed by atoms with Crippen LogP contribution in [0, 0.1) is 0 Å².